The summed E-state index contributed by atoms with van der Waals surface area (Å²) in [6.07, 6.45) is 4.31. The maximum Gasteiger partial charge on any atom is 0.102 e. The molecule has 0 heterocycles. The molecule has 0 spiro atoms. The molecular formula is C9H14ClN3O. The predicted molar refractivity (Wildman–Crippen MR) is 60.1 cm³/mol. The summed E-state index contributed by atoms with van der Waals surface area (Å²) in [6, 6.07) is 0. The molecule has 1 unspecified atom stereocenters. The van der Waals surface area contributed by atoms with Gasteiger partial charge in [-0.2, -0.15) is 0 Å². The zero-order valence-electron chi connectivity index (χ0n) is 8.24. The Morgan fingerprint density at radius 3 is 2.71 bits per heavy atom. The molecule has 2 N–H and O–H groups in total. The van der Waals surface area contributed by atoms with E-state index in [9.17, 15) is 0 Å². The van der Waals surface area contributed by atoms with Gasteiger partial charge < -0.3 is 10.5 Å². The molecule has 0 rings (SSSR count). The number of nitrogens with zero attached hydrogens (tertiary/aromatic N) is 2. The number of oxime groups is 1. The smallest absolute Gasteiger partial charge is 0.102 e. The molecule has 5 heteroatoms. The fourth-order valence-corrected chi connectivity index (χ4v) is 0.774. The van der Waals surface area contributed by atoms with Crippen LogP contribution in [0, 0.1) is 0 Å². The van der Waals surface area contributed by atoms with Crippen molar-refractivity contribution in [2.45, 2.75) is 19.2 Å². The van der Waals surface area contributed by atoms with Crippen LogP contribution in [-0.2, 0) is 0 Å². The molecule has 0 aliphatic heterocycles. The number of halogens is 1. The van der Waals surface area contributed by atoms with E-state index in [1.54, 1.807) is 13.8 Å². The fourth-order valence-electron chi connectivity index (χ4n) is 0.662. The largest absolute Gasteiger partial charge is 0.411 e. The van der Waals surface area contributed by atoms with Gasteiger partial charge in [-0.3, -0.25) is 0 Å². The van der Waals surface area contributed by atoms with Crippen LogP contribution in [0.1, 0.15) is 13.8 Å². The lowest BCUT2D eigenvalue weighted by molar-refractivity contribution is 0.321. The zero-order chi connectivity index (χ0) is 11.0. The standard InChI is InChI=1S/C9H14ClN3O/c1-4-11-8(3)12-5-9(6-13-14)7(2)10/h4-7,14H,1H2,2-3H3,(H,11,12)/b9-5-,13-6-. The van der Waals surface area contributed by atoms with E-state index in [1.165, 1.54) is 18.6 Å². The summed E-state index contributed by atoms with van der Waals surface area (Å²) in [4.78, 5) is 4.04. The van der Waals surface area contributed by atoms with E-state index in [2.05, 4.69) is 22.0 Å². The monoisotopic (exact) mass is 215 g/mol. The van der Waals surface area contributed by atoms with Gasteiger partial charge in [-0.05, 0) is 20.0 Å². The lowest BCUT2D eigenvalue weighted by Crippen LogP contribution is -2.11. The van der Waals surface area contributed by atoms with Crippen LogP contribution in [0.15, 0.2) is 34.7 Å². The molecule has 0 fully saturated rings. The van der Waals surface area contributed by atoms with Crippen molar-refractivity contribution >= 4 is 23.7 Å². The van der Waals surface area contributed by atoms with E-state index < -0.39 is 0 Å². The molecule has 0 aromatic rings. The SMILES string of the molecule is C=CNC(C)=N/C=C(/C=N\O)C(C)Cl. The molecule has 0 saturated carbocycles. The minimum atomic E-state index is -0.258. The number of aliphatic imine (C=N–C) groups is 1. The molecular weight excluding hydrogens is 202 g/mol. The van der Waals surface area contributed by atoms with Crippen molar-refractivity contribution in [1.82, 2.24) is 5.32 Å². The number of rotatable bonds is 4. The van der Waals surface area contributed by atoms with Crippen molar-refractivity contribution in [3.05, 3.63) is 24.6 Å². The Morgan fingerprint density at radius 2 is 2.29 bits per heavy atom. The van der Waals surface area contributed by atoms with Crippen LogP contribution >= 0.6 is 11.6 Å². The second kappa shape index (κ2) is 7.15. The molecule has 0 aliphatic carbocycles. The number of amidine groups is 1. The van der Waals surface area contributed by atoms with Crippen LogP contribution < -0.4 is 5.32 Å². The van der Waals surface area contributed by atoms with Crippen LogP contribution in [0.5, 0.6) is 0 Å². The van der Waals surface area contributed by atoms with E-state index in [0.29, 0.717) is 11.4 Å². The van der Waals surface area contributed by atoms with Gasteiger partial charge >= 0.3 is 0 Å². The van der Waals surface area contributed by atoms with E-state index in [0.717, 1.165) is 0 Å². The Balaban J connectivity index is 4.57. The third-order valence-corrected chi connectivity index (χ3v) is 1.64. The summed E-state index contributed by atoms with van der Waals surface area (Å²) >= 11 is 5.80. The summed E-state index contributed by atoms with van der Waals surface area (Å²) in [5.41, 5.74) is 0.624. The summed E-state index contributed by atoms with van der Waals surface area (Å²) in [7, 11) is 0. The van der Waals surface area contributed by atoms with Crippen molar-refractivity contribution in [3.63, 3.8) is 0 Å². The van der Waals surface area contributed by atoms with E-state index >= 15 is 0 Å². The van der Waals surface area contributed by atoms with Crippen LogP contribution in [-0.4, -0.2) is 22.6 Å². The van der Waals surface area contributed by atoms with Gasteiger partial charge in [0.05, 0.1) is 11.6 Å². The van der Waals surface area contributed by atoms with Crippen molar-refractivity contribution in [3.8, 4) is 0 Å². The molecule has 4 nitrogen and oxygen atoms in total. The van der Waals surface area contributed by atoms with Gasteiger partial charge in [0.1, 0.15) is 5.84 Å². The third-order valence-electron chi connectivity index (χ3n) is 1.38. The summed E-state index contributed by atoms with van der Waals surface area (Å²) < 4.78 is 0. The molecule has 0 saturated heterocycles. The zero-order valence-corrected chi connectivity index (χ0v) is 8.99. The first kappa shape index (κ1) is 12.7. The maximum absolute atomic E-state index is 8.34. The van der Waals surface area contributed by atoms with Crippen molar-refractivity contribution < 1.29 is 5.21 Å². The van der Waals surface area contributed by atoms with Gasteiger partial charge in [-0.1, -0.05) is 11.7 Å². The van der Waals surface area contributed by atoms with Gasteiger partial charge in [0.15, 0.2) is 0 Å². The topological polar surface area (TPSA) is 57.0 Å². The highest BCUT2D eigenvalue weighted by atomic mass is 35.5. The number of alkyl halides is 1. The molecule has 14 heavy (non-hydrogen) atoms. The number of hydrogen-bond acceptors (Lipinski definition) is 3. The predicted octanol–water partition coefficient (Wildman–Crippen LogP) is 2.11. The van der Waals surface area contributed by atoms with E-state index in [4.69, 9.17) is 16.8 Å². The van der Waals surface area contributed by atoms with Gasteiger partial charge in [0.25, 0.3) is 0 Å². The van der Waals surface area contributed by atoms with Crippen LogP contribution in [0.4, 0.5) is 0 Å². The molecule has 1 atom stereocenters. The highest BCUT2D eigenvalue weighted by molar-refractivity contribution is 6.24. The fraction of sp³-hybridized carbons (Fsp3) is 0.333. The Hall–Kier alpha value is -1.29. The molecule has 0 amide bonds. The van der Waals surface area contributed by atoms with Crippen molar-refractivity contribution in [1.29, 1.82) is 0 Å². The first-order chi connectivity index (χ1) is 6.61. The van der Waals surface area contributed by atoms with Gasteiger partial charge in [0.2, 0.25) is 0 Å². The first-order valence-electron chi connectivity index (χ1n) is 4.05. The van der Waals surface area contributed by atoms with Gasteiger partial charge in [0, 0.05) is 11.8 Å². The molecule has 0 aliphatic rings. The van der Waals surface area contributed by atoms with Gasteiger partial charge in [-0.25, -0.2) is 4.99 Å². The number of nitrogens with one attached hydrogen (secondary N) is 1. The number of allylic oxidation sites excluding steroid dienone is 1. The van der Waals surface area contributed by atoms with Crippen LogP contribution in [0.25, 0.3) is 0 Å². The lowest BCUT2D eigenvalue weighted by Gasteiger charge is -2.01. The van der Waals surface area contributed by atoms with E-state index in [-0.39, 0.29) is 5.38 Å². The van der Waals surface area contributed by atoms with Crippen molar-refractivity contribution in [2.75, 3.05) is 0 Å². The molecule has 78 valence electrons. The molecule has 0 radical (unpaired) electrons. The normalized spacial score (nSPS) is 15.6. The van der Waals surface area contributed by atoms with Gasteiger partial charge in [-0.15, -0.1) is 11.6 Å². The highest BCUT2D eigenvalue weighted by Gasteiger charge is 2.01. The number of hydrogen-bond donors (Lipinski definition) is 2. The Bertz CT molecular complexity index is 269. The minimum Gasteiger partial charge on any atom is -0.411 e. The highest BCUT2D eigenvalue weighted by Crippen LogP contribution is 2.06. The Kier molecular flexibility index (Phi) is 6.49. The lowest BCUT2D eigenvalue weighted by atomic mass is 10.2. The van der Waals surface area contributed by atoms with Crippen molar-refractivity contribution in [2.24, 2.45) is 10.1 Å². The molecule has 0 aromatic carbocycles. The minimum absolute atomic E-state index is 0.258. The maximum atomic E-state index is 8.34. The Labute approximate surface area is 88.7 Å². The third kappa shape index (κ3) is 5.37. The quantitative estimate of drug-likeness (QED) is 0.248. The van der Waals surface area contributed by atoms with E-state index in [1.807, 2.05) is 0 Å². The average molecular weight is 216 g/mol. The second-order valence-electron chi connectivity index (χ2n) is 2.55. The average Bonchev–Trinajstić information content (AvgIpc) is 2.12. The molecule has 0 bridgehead atoms. The first-order valence-corrected chi connectivity index (χ1v) is 4.48. The summed E-state index contributed by atoms with van der Waals surface area (Å²) in [5, 5.41) is 13.8. The molecule has 0 aromatic heterocycles. The van der Waals surface area contributed by atoms with Crippen LogP contribution in [0.2, 0.25) is 0 Å². The van der Waals surface area contributed by atoms with Crippen LogP contribution in [0.3, 0.4) is 0 Å². The summed E-state index contributed by atoms with van der Waals surface area (Å²) in [5.74, 6) is 0.682. The second-order valence-corrected chi connectivity index (χ2v) is 3.21. The Morgan fingerprint density at radius 1 is 1.64 bits per heavy atom. The summed E-state index contributed by atoms with van der Waals surface area (Å²) in [6.45, 7) is 7.04.